The van der Waals surface area contributed by atoms with Gasteiger partial charge in [-0.2, -0.15) is 4.39 Å². The molecular formula is C6H7BFNO2. The van der Waals surface area contributed by atoms with E-state index in [0.29, 0.717) is 5.56 Å². The third kappa shape index (κ3) is 1.75. The van der Waals surface area contributed by atoms with Crippen molar-refractivity contribution < 1.29 is 14.4 Å². The average Bonchev–Trinajstić information content (AvgIpc) is 1.94. The zero-order chi connectivity index (χ0) is 8.43. The Morgan fingerprint density at radius 1 is 1.45 bits per heavy atom. The van der Waals surface area contributed by atoms with Crippen molar-refractivity contribution >= 4 is 12.7 Å². The van der Waals surface area contributed by atoms with Gasteiger partial charge >= 0.3 is 7.12 Å². The largest absolute Gasteiger partial charge is 0.508 e. The van der Waals surface area contributed by atoms with Crippen LogP contribution < -0.4 is 5.59 Å². The third-order valence-electron chi connectivity index (χ3n) is 1.32. The first-order chi connectivity index (χ1) is 5.11. The lowest BCUT2D eigenvalue weighted by molar-refractivity contribution is 0.422. The molecule has 0 unspecified atom stereocenters. The molecule has 1 rings (SSSR count). The Balaban J connectivity index is 3.05. The minimum absolute atomic E-state index is 0.0758. The third-order valence-corrected chi connectivity index (χ3v) is 1.32. The lowest BCUT2D eigenvalue weighted by atomic mass is 9.85. The zero-order valence-electron chi connectivity index (χ0n) is 5.95. The molecular weight excluding hydrogens is 148 g/mol. The van der Waals surface area contributed by atoms with E-state index in [-0.39, 0.29) is 5.59 Å². The first-order valence-electron chi connectivity index (χ1n) is 3.10. The molecule has 0 amide bonds. The lowest BCUT2D eigenvalue weighted by Gasteiger charge is -1.99. The number of nitrogens with zero attached hydrogens (tertiary/aromatic N) is 1. The van der Waals surface area contributed by atoms with E-state index in [1.165, 1.54) is 12.1 Å². The summed E-state index contributed by atoms with van der Waals surface area (Å²) in [6, 6.07) is 2.81. The molecule has 0 radical (unpaired) electrons. The van der Waals surface area contributed by atoms with Crippen molar-refractivity contribution in [3.8, 4) is 0 Å². The number of aryl methyl sites for hydroxylation is 1. The molecule has 0 aliphatic carbocycles. The number of rotatable bonds is 1. The maximum atomic E-state index is 12.6. The predicted molar refractivity (Wildman–Crippen MR) is 38.8 cm³/mol. The number of aromatic nitrogens is 1. The first-order valence-corrected chi connectivity index (χ1v) is 3.10. The molecule has 0 aliphatic heterocycles. The number of pyridine rings is 1. The van der Waals surface area contributed by atoms with E-state index in [1.54, 1.807) is 6.92 Å². The van der Waals surface area contributed by atoms with Crippen LogP contribution in [0.5, 0.6) is 0 Å². The lowest BCUT2D eigenvalue weighted by Crippen LogP contribution is -2.33. The van der Waals surface area contributed by atoms with Crippen LogP contribution in [-0.2, 0) is 0 Å². The van der Waals surface area contributed by atoms with Gasteiger partial charge in [-0.3, -0.25) is 0 Å². The summed E-state index contributed by atoms with van der Waals surface area (Å²) in [6.07, 6.45) is 0. The molecule has 11 heavy (non-hydrogen) atoms. The van der Waals surface area contributed by atoms with Gasteiger partial charge in [-0.25, -0.2) is 4.98 Å². The average molecular weight is 155 g/mol. The van der Waals surface area contributed by atoms with Crippen LogP contribution in [0.25, 0.3) is 0 Å². The van der Waals surface area contributed by atoms with Gasteiger partial charge in [0.25, 0.3) is 0 Å². The molecule has 0 atom stereocenters. The van der Waals surface area contributed by atoms with Gasteiger partial charge in [-0.15, -0.1) is 0 Å². The van der Waals surface area contributed by atoms with Gasteiger partial charge in [-0.1, -0.05) is 6.07 Å². The van der Waals surface area contributed by atoms with Crippen LogP contribution in [-0.4, -0.2) is 22.2 Å². The summed E-state index contributed by atoms with van der Waals surface area (Å²) in [7, 11) is -1.70. The van der Waals surface area contributed by atoms with E-state index in [1.807, 2.05) is 0 Å². The van der Waals surface area contributed by atoms with E-state index in [4.69, 9.17) is 10.0 Å². The minimum atomic E-state index is -1.70. The fourth-order valence-corrected chi connectivity index (χ4v) is 0.662. The molecule has 0 bridgehead atoms. The highest BCUT2D eigenvalue weighted by molar-refractivity contribution is 6.57. The van der Waals surface area contributed by atoms with Crippen molar-refractivity contribution in [1.82, 2.24) is 4.98 Å². The topological polar surface area (TPSA) is 53.4 Å². The van der Waals surface area contributed by atoms with Gasteiger partial charge in [0.2, 0.25) is 5.95 Å². The van der Waals surface area contributed by atoms with Crippen LogP contribution in [0.1, 0.15) is 5.56 Å². The number of hydrogen-bond acceptors (Lipinski definition) is 3. The minimum Gasteiger partial charge on any atom is -0.422 e. The van der Waals surface area contributed by atoms with E-state index in [2.05, 4.69) is 4.98 Å². The van der Waals surface area contributed by atoms with E-state index >= 15 is 0 Å². The molecule has 0 aliphatic rings. The summed E-state index contributed by atoms with van der Waals surface area (Å²) in [5.74, 6) is -0.671. The molecule has 1 heterocycles. The summed E-state index contributed by atoms with van der Waals surface area (Å²) >= 11 is 0. The highest BCUT2D eigenvalue weighted by Gasteiger charge is 2.13. The molecule has 0 saturated carbocycles. The maximum Gasteiger partial charge on any atom is 0.508 e. The van der Waals surface area contributed by atoms with Crippen LogP contribution in [0, 0.1) is 12.9 Å². The molecule has 0 spiro atoms. The molecule has 0 fully saturated rings. The Morgan fingerprint density at radius 2 is 2.09 bits per heavy atom. The van der Waals surface area contributed by atoms with E-state index < -0.39 is 13.1 Å². The molecule has 2 N–H and O–H groups in total. The molecule has 58 valence electrons. The second kappa shape index (κ2) is 2.98. The SMILES string of the molecule is Cc1ccc(B(O)O)nc1F. The van der Waals surface area contributed by atoms with Gasteiger partial charge in [-0.05, 0) is 13.0 Å². The highest BCUT2D eigenvalue weighted by atomic mass is 19.1. The van der Waals surface area contributed by atoms with Crippen LogP contribution in [0.4, 0.5) is 4.39 Å². The zero-order valence-corrected chi connectivity index (χ0v) is 5.95. The number of hydrogen-bond donors (Lipinski definition) is 2. The van der Waals surface area contributed by atoms with Gasteiger partial charge in [0, 0.05) is 5.56 Å². The normalized spacial score (nSPS) is 9.82. The Hall–Kier alpha value is -0.935. The van der Waals surface area contributed by atoms with Crippen LogP contribution >= 0.6 is 0 Å². The first kappa shape index (κ1) is 8.16. The monoisotopic (exact) mass is 155 g/mol. The smallest absolute Gasteiger partial charge is 0.422 e. The van der Waals surface area contributed by atoms with Crippen molar-refractivity contribution in [3.63, 3.8) is 0 Å². The van der Waals surface area contributed by atoms with E-state index in [0.717, 1.165) is 0 Å². The molecule has 1 aromatic rings. The summed E-state index contributed by atoms with van der Waals surface area (Å²) in [5, 5.41) is 17.1. The van der Waals surface area contributed by atoms with Crippen molar-refractivity contribution in [1.29, 1.82) is 0 Å². The molecule has 1 aromatic heterocycles. The Labute approximate surface area is 63.7 Å². The Kier molecular flexibility index (Phi) is 2.21. The standard InChI is InChI=1S/C6H7BFNO2/c1-4-2-3-5(7(10)11)9-6(4)8/h2-3,10-11H,1H3. The fourth-order valence-electron chi connectivity index (χ4n) is 0.662. The highest BCUT2D eigenvalue weighted by Crippen LogP contribution is 1.97. The summed E-state index contributed by atoms with van der Waals surface area (Å²) < 4.78 is 12.6. The van der Waals surface area contributed by atoms with Gasteiger partial charge < -0.3 is 10.0 Å². The van der Waals surface area contributed by atoms with Crippen molar-refractivity contribution in [3.05, 3.63) is 23.6 Å². The van der Waals surface area contributed by atoms with Crippen molar-refractivity contribution in [2.45, 2.75) is 6.92 Å². The van der Waals surface area contributed by atoms with Crippen LogP contribution in [0.15, 0.2) is 12.1 Å². The van der Waals surface area contributed by atoms with Crippen molar-refractivity contribution in [2.75, 3.05) is 0 Å². The predicted octanol–water partition coefficient (Wildman–Crippen LogP) is -0.791. The maximum absolute atomic E-state index is 12.6. The Bertz CT molecular complexity index is 267. The molecule has 5 heteroatoms. The van der Waals surface area contributed by atoms with Crippen LogP contribution in [0.2, 0.25) is 0 Å². The number of halogens is 1. The second-order valence-corrected chi connectivity index (χ2v) is 2.22. The van der Waals surface area contributed by atoms with Gasteiger partial charge in [0.1, 0.15) is 0 Å². The van der Waals surface area contributed by atoms with Crippen molar-refractivity contribution in [2.24, 2.45) is 0 Å². The van der Waals surface area contributed by atoms with Crippen LogP contribution in [0.3, 0.4) is 0 Å². The summed E-state index contributed by atoms with van der Waals surface area (Å²) in [6.45, 7) is 1.55. The summed E-state index contributed by atoms with van der Waals surface area (Å²) in [4.78, 5) is 3.31. The molecule has 3 nitrogen and oxygen atoms in total. The second-order valence-electron chi connectivity index (χ2n) is 2.22. The summed E-state index contributed by atoms with van der Waals surface area (Å²) in [5.41, 5.74) is 0.308. The molecule has 0 saturated heterocycles. The molecule has 0 aromatic carbocycles. The van der Waals surface area contributed by atoms with E-state index in [9.17, 15) is 4.39 Å². The quantitative estimate of drug-likeness (QED) is 0.412. The van der Waals surface area contributed by atoms with Gasteiger partial charge in [0.15, 0.2) is 0 Å². The van der Waals surface area contributed by atoms with Gasteiger partial charge in [0.05, 0.1) is 5.59 Å². The fraction of sp³-hybridized carbons (Fsp3) is 0.167. The Morgan fingerprint density at radius 3 is 2.55 bits per heavy atom.